The third-order valence-corrected chi connectivity index (χ3v) is 3.74. The molecule has 0 aromatic heterocycles. The zero-order chi connectivity index (χ0) is 11.6. The van der Waals surface area contributed by atoms with E-state index in [1.807, 2.05) is 18.7 Å². The topological polar surface area (TPSA) is 46.2 Å². The van der Waals surface area contributed by atoms with Crippen LogP contribution in [0.4, 0.5) is 0 Å². The Morgan fingerprint density at radius 2 is 1.73 bits per heavy atom. The van der Waals surface area contributed by atoms with E-state index in [-0.39, 0.29) is 0 Å². The molecule has 0 bridgehead atoms. The van der Waals surface area contributed by atoms with E-state index in [9.17, 15) is 5.11 Å². The van der Waals surface area contributed by atoms with Crippen LogP contribution in [0.15, 0.2) is 0 Å². The van der Waals surface area contributed by atoms with Gasteiger partial charge < -0.3 is 10.8 Å². The van der Waals surface area contributed by atoms with Crippen LogP contribution in [-0.2, 0) is 0 Å². The summed E-state index contributed by atoms with van der Waals surface area (Å²) in [5, 5.41) is 9.66. The number of rotatable bonds is 10. The molecule has 0 saturated heterocycles. The first-order valence-corrected chi connectivity index (χ1v) is 7.28. The van der Waals surface area contributed by atoms with Gasteiger partial charge in [0.2, 0.25) is 0 Å². The van der Waals surface area contributed by atoms with Crippen molar-refractivity contribution >= 4 is 11.8 Å². The van der Waals surface area contributed by atoms with E-state index < -0.39 is 5.60 Å². The standard InChI is InChI=1S/C12H27NOS/c1-3-4-6-9-15-10-7-5-8-12(2,14)11-13/h14H,3-11,13H2,1-2H3. The van der Waals surface area contributed by atoms with Crippen molar-refractivity contribution in [1.82, 2.24) is 0 Å². The second-order valence-corrected chi connectivity index (χ2v) is 5.70. The van der Waals surface area contributed by atoms with E-state index in [2.05, 4.69) is 6.92 Å². The largest absolute Gasteiger partial charge is 0.389 e. The second-order valence-electron chi connectivity index (χ2n) is 4.48. The van der Waals surface area contributed by atoms with Crippen LogP contribution in [0.2, 0.25) is 0 Å². The molecule has 0 radical (unpaired) electrons. The van der Waals surface area contributed by atoms with Crippen molar-refractivity contribution in [2.45, 2.75) is 58.0 Å². The minimum atomic E-state index is -0.646. The summed E-state index contributed by atoms with van der Waals surface area (Å²) in [7, 11) is 0. The maximum Gasteiger partial charge on any atom is 0.0741 e. The molecule has 0 aromatic carbocycles. The summed E-state index contributed by atoms with van der Waals surface area (Å²) >= 11 is 2.04. The van der Waals surface area contributed by atoms with Gasteiger partial charge in [-0.15, -0.1) is 0 Å². The minimum absolute atomic E-state index is 0.372. The zero-order valence-corrected chi connectivity index (χ0v) is 11.1. The van der Waals surface area contributed by atoms with Crippen LogP contribution in [0.25, 0.3) is 0 Å². The fourth-order valence-corrected chi connectivity index (χ4v) is 2.39. The lowest BCUT2D eigenvalue weighted by Gasteiger charge is -2.20. The van der Waals surface area contributed by atoms with Crippen molar-refractivity contribution in [2.24, 2.45) is 5.73 Å². The number of hydrogen-bond donors (Lipinski definition) is 2. The van der Waals surface area contributed by atoms with Gasteiger partial charge in [-0.25, -0.2) is 0 Å². The summed E-state index contributed by atoms with van der Waals surface area (Å²) in [6.45, 7) is 4.43. The quantitative estimate of drug-likeness (QED) is 0.570. The van der Waals surface area contributed by atoms with E-state index in [4.69, 9.17) is 5.73 Å². The highest BCUT2D eigenvalue weighted by molar-refractivity contribution is 7.99. The van der Waals surface area contributed by atoms with Gasteiger partial charge in [-0.1, -0.05) is 19.8 Å². The molecule has 0 heterocycles. The molecule has 0 aliphatic carbocycles. The molecule has 3 heteroatoms. The Balaban J connectivity index is 3.11. The van der Waals surface area contributed by atoms with E-state index in [0.717, 1.165) is 12.8 Å². The Hall–Kier alpha value is 0.270. The molecule has 3 N–H and O–H groups in total. The van der Waals surface area contributed by atoms with Gasteiger partial charge in [0.15, 0.2) is 0 Å². The van der Waals surface area contributed by atoms with E-state index in [1.165, 1.54) is 37.2 Å². The first-order valence-electron chi connectivity index (χ1n) is 6.12. The monoisotopic (exact) mass is 233 g/mol. The first kappa shape index (κ1) is 15.3. The Labute approximate surface area is 99.0 Å². The zero-order valence-electron chi connectivity index (χ0n) is 10.3. The highest BCUT2D eigenvalue weighted by Crippen LogP contribution is 2.14. The number of unbranched alkanes of at least 4 members (excludes halogenated alkanes) is 3. The van der Waals surface area contributed by atoms with Gasteiger partial charge in [0, 0.05) is 6.54 Å². The number of nitrogens with two attached hydrogens (primary N) is 1. The lowest BCUT2D eigenvalue weighted by atomic mass is 10.00. The van der Waals surface area contributed by atoms with E-state index >= 15 is 0 Å². The molecule has 0 saturated carbocycles. The molecule has 92 valence electrons. The molecule has 0 aromatic rings. The maximum absolute atomic E-state index is 9.66. The number of aliphatic hydroxyl groups is 1. The average Bonchev–Trinajstić information content (AvgIpc) is 2.22. The van der Waals surface area contributed by atoms with Crippen LogP contribution < -0.4 is 5.73 Å². The molecular weight excluding hydrogens is 206 g/mol. The average molecular weight is 233 g/mol. The fraction of sp³-hybridized carbons (Fsp3) is 1.00. The minimum Gasteiger partial charge on any atom is -0.389 e. The Kier molecular flexibility index (Phi) is 9.66. The van der Waals surface area contributed by atoms with Gasteiger partial charge in [0.1, 0.15) is 0 Å². The molecule has 0 amide bonds. The van der Waals surface area contributed by atoms with E-state index in [0.29, 0.717) is 6.54 Å². The van der Waals surface area contributed by atoms with Gasteiger partial charge >= 0.3 is 0 Å². The summed E-state index contributed by atoms with van der Waals surface area (Å²) in [6.07, 6.45) is 7.13. The lowest BCUT2D eigenvalue weighted by Crippen LogP contribution is -2.33. The fourth-order valence-electron chi connectivity index (χ4n) is 1.37. The molecule has 0 rings (SSSR count). The van der Waals surface area contributed by atoms with Crippen molar-refractivity contribution in [1.29, 1.82) is 0 Å². The molecule has 2 nitrogen and oxygen atoms in total. The summed E-state index contributed by atoms with van der Waals surface area (Å²) in [5.41, 5.74) is 4.80. The van der Waals surface area contributed by atoms with Crippen molar-refractivity contribution < 1.29 is 5.11 Å². The SMILES string of the molecule is CCCCCSCCCCC(C)(O)CN. The highest BCUT2D eigenvalue weighted by atomic mass is 32.2. The first-order chi connectivity index (χ1) is 7.12. The van der Waals surface area contributed by atoms with E-state index in [1.54, 1.807) is 0 Å². The van der Waals surface area contributed by atoms with Crippen molar-refractivity contribution in [3.8, 4) is 0 Å². The van der Waals surface area contributed by atoms with Crippen LogP contribution in [0, 0.1) is 0 Å². The Morgan fingerprint density at radius 3 is 2.27 bits per heavy atom. The highest BCUT2D eigenvalue weighted by Gasteiger charge is 2.16. The molecule has 1 unspecified atom stereocenters. The van der Waals surface area contributed by atoms with Gasteiger partial charge in [0.25, 0.3) is 0 Å². The smallest absolute Gasteiger partial charge is 0.0741 e. The van der Waals surface area contributed by atoms with Crippen LogP contribution in [-0.4, -0.2) is 28.8 Å². The van der Waals surface area contributed by atoms with Crippen LogP contribution in [0.1, 0.15) is 52.4 Å². The lowest BCUT2D eigenvalue weighted by molar-refractivity contribution is 0.0577. The number of thioether (sulfide) groups is 1. The number of hydrogen-bond acceptors (Lipinski definition) is 3. The molecular formula is C12H27NOS. The molecule has 0 aliphatic heterocycles. The molecule has 0 aliphatic rings. The van der Waals surface area contributed by atoms with Gasteiger partial charge in [0.05, 0.1) is 5.60 Å². The van der Waals surface area contributed by atoms with Crippen LogP contribution in [0.3, 0.4) is 0 Å². The summed E-state index contributed by atoms with van der Waals surface area (Å²) in [5.74, 6) is 2.52. The van der Waals surface area contributed by atoms with Gasteiger partial charge in [-0.2, -0.15) is 11.8 Å². The predicted octanol–water partition coefficient (Wildman–Crippen LogP) is 2.79. The summed E-state index contributed by atoms with van der Waals surface area (Å²) in [4.78, 5) is 0. The maximum atomic E-state index is 9.66. The Morgan fingerprint density at radius 1 is 1.13 bits per heavy atom. The molecule has 0 spiro atoms. The Bertz CT molecular complexity index is 140. The van der Waals surface area contributed by atoms with Crippen molar-refractivity contribution in [3.63, 3.8) is 0 Å². The molecule has 0 fully saturated rings. The molecule has 1 atom stereocenters. The van der Waals surface area contributed by atoms with Gasteiger partial charge in [-0.05, 0) is 44.1 Å². The normalized spacial score (nSPS) is 15.2. The second kappa shape index (κ2) is 9.49. The molecule has 15 heavy (non-hydrogen) atoms. The third-order valence-electron chi connectivity index (χ3n) is 2.59. The predicted molar refractivity (Wildman–Crippen MR) is 70.4 cm³/mol. The van der Waals surface area contributed by atoms with Gasteiger partial charge in [-0.3, -0.25) is 0 Å². The van der Waals surface area contributed by atoms with Crippen molar-refractivity contribution in [3.05, 3.63) is 0 Å². The van der Waals surface area contributed by atoms with Crippen LogP contribution >= 0.6 is 11.8 Å². The van der Waals surface area contributed by atoms with Crippen LogP contribution in [0.5, 0.6) is 0 Å². The third kappa shape index (κ3) is 10.6. The van der Waals surface area contributed by atoms with Crippen molar-refractivity contribution in [2.75, 3.05) is 18.1 Å². The summed E-state index contributed by atoms with van der Waals surface area (Å²) in [6, 6.07) is 0. The summed E-state index contributed by atoms with van der Waals surface area (Å²) < 4.78 is 0.